The maximum absolute atomic E-state index is 13.1. The zero-order valence-corrected chi connectivity index (χ0v) is 11.7. The van der Waals surface area contributed by atoms with Gasteiger partial charge in [0.1, 0.15) is 11.4 Å². The molecule has 0 atom stereocenters. The van der Waals surface area contributed by atoms with Gasteiger partial charge in [0.15, 0.2) is 5.69 Å². The number of esters is 1. The maximum Gasteiger partial charge on any atom is 0.461 e. The van der Waals surface area contributed by atoms with Gasteiger partial charge in [-0.25, -0.2) is 4.79 Å². The second-order valence-corrected chi connectivity index (χ2v) is 4.20. The van der Waals surface area contributed by atoms with Crippen LogP contribution in [-0.2, 0) is 4.74 Å². The van der Waals surface area contributed by atoms with E-state index in [1.54, 1.807) is 6.92 Å². The number of nitrogens with one attached hydrogen (secondary N) is 1. The number of aromatic nitrogens is 3. The first kappa shape index (κ1) is 16.7. The minimum atomic E-state index is -4.69. The van der Waals surface area contributed by atoms with Crippen molar-refractivity contribution in [3.05, 3.63) is 30.0 Å². The monoisotopic (exact) mass is 333 g/mol. The van der Waals surface area contributed by atoms with Crippen molar-refractivity contribution in [3.63, 3.8) is 0 Å². The van der Waals surface area contributed by atoms with Crippen LogP contribution < -0.4 is 4.74 Å². The van der Waals surface area contributed by atoms with Crippen LogP contribution in [0.2, 0.25) is 0 Å². The van der Waals surface area contributed by atoms with Crippen molar-refractivity contribution >= 4 is 5.97 Å². The molecule has 0 aliphatic rings. The fraction of sp³-hybridized carbons (Fsp3) is 0.308. The first-order valence-corrected chi connectivity index (χ1v) is 6.39. The van der Waals surface area contributed by atoms with E-state index >= 15 is 0 Å². The van der Waals surface area contributed by atoms with Crippen molar-refractivity contribution in [1.29, 1.82) is 0 Å². The molecule has 0 unspecified atom stereocenters. The summed E-state index contributed by atoms with van der Waals surface area (Å²) in [4.78, 5) is 11.8. The zero-order valence-electron chi connectivity index (χ0n) is 11.7. The molecule has 0 fully saturated rings. The number of H-pyrrole nitrogens is 1. The third kappa shape index (κ3) is 3.58. The van der Waals surface area contributed by atoms with Crippen LogP contribution in [0.1, 0.15) is 17.4 Å². The molecule has 0 amide bonds. The van der Waals surface area contributed by atoms with E-state index in [1.165, 1.54) is 18.2 Å². The highest BCUT2D eigenvalue weighted by atomic mass is 19.3. The summed E-state index contributed by atoms with van der Waals surface area (Å²) >= 11 is 0. The highest BCUT2D eigenvalue weighted by Gasteiger charge is 2.44. The highest BCUT2D eigenvalue weighted by Crippen LogP contribution is 2.35. The van der Waals surface area contributed by atoms with Crippen LogP contribution >= 0.6 is 0 Å². The second kappa shape index (κ2) is 6.63. The summed E-state index contributed by atoms with van der Waals surface area (Å²) in [6.45, 7) is 1.63. The van der Waals surface area contributed by atoms with Gasteiger partial charge < -0.3 is 9.47 Å². The van der Waals surface area contributed by atoms with Crippen molar-refractivity contribution in [2.75, 3.05) is 6.61 Å². The summed E-state index contributed by atoms with van der Waals surface area (Å²) in [5, 5.41) is 9.41. The number of rotatable bonds is 6. The summed E-state index contributed by atoms with van der Waals surface area (Å²) in [7, 11) is 0. The molecule has 0 radical (unpaired) electrons. The van der Waals surface area contributed by atoms with Crippen LogP contribution in [0.4, 0.5) is 17.6 Å². The number of alkyl halides is 4. The Morgan fingerprint density at radius 1 is 1.30 bits per heavy atom. The van der Waals surface area contributed by atoms with Gasteiger partial charge in [0.05, 0.1) is 6.61 Å². The minimum Gasteiger partial charge on any atom is -0.461 e. The molecule has 0 aliphatic carbocycles. The lowest BCUT2D eigenvalue weighted by atomic mass is 10.1. The Bertz CT molecular complexity index is 691. The van der Waals surface area contributed by atoms with Gasteiger partial charge in [-0.3, -0.25) is 0 Å². The molecule has 0 spiro atoms. The number of para-hydroxylation sites is 1. The highest BCUT2D eigenvalue weighted by molar-refractivity contribution is 5.94. The molecule has 1 aromatic carbocycles. The summed E-state index contributed by atoms with van der Waals surface area (Å²) in [5.41, 5.74) is -0.531. The molecule has 0 bridgehead atoms. The SMILES string of the molecule is CCOC(=O)c1n[nH]nc1-c1ccccc1OC(F)(F)C(F)F. The fourth-order valence-electron chi connectivity index (χ4n) is 1.70. The molecule has 10 heteroatoms. The number of nitrogens with zero attached hydrogens (tertiary/aromatic N) is 2. The normalized spacial score (nSPS) is 11.6. The van der Waals surface area contributed by atoms with E-state index in [9.17, 15) is 22.4 Å². The number of benzene rings is 1. The van der Waals surface area contributed by atoms with Crippen molar-refractivity contribution in [2.24, 2.45) is 0 Å². The van der Waals surface area contributed by atoms with Crippen LogP contribution in [0.3, 0.4) is 0 Å². The molecule has 2 aromatic rings. The summed E-state index contributed by atoms with van der Waals surface area (Å²) in [6.07, 6.45) is -8.71. The number of carbonyl (C=O) groups excluding carboxylic acids is 1. The maximum atomic E-state index is 13.1. The molecule has 23 heavy (non-hydrogen) atoms. The van der Waals surface area contributed by atoms with Gasteiger partial charge in [-0.1, -0.05) is 12.1 Å². The van der Waals surface area contributed by atoms with Gasteiger partial charge in [-0.15, -0.1) is 5.10 Å². The molecular weight excluding hydrogens is 322 g/mol. The molecule has 0 aliphatic heterocycles. The quantitative estimate of drug-likeness (QED) is 0.650. The first-order valence-electron chi connectivity index (χ1n) is 6.39. The fourth-order valence-corrected chi connectivity index (χ4v) is 1.70. The molecule has 1 aromatic heterocycles. The third-order valence-corrected chi connectivity index (χ3v) is 2.66. The third-order valence-electron chi connectivity index (χ3n) is 2.66. The van der Waals surface area contributed by atoms with Crippen molar-refractivity contribution in [3.8, 4) is 17.0 Å². The lowest BCUT2D eigenvalue weighted by molar-refractivity contribution is -0.253. The van der Waals surface area contributed by atoms with Crippen molar-refractivity contribution in [1.82, 2.24) is 15.4 Å². The van der Waals surface area contributed by atoms with E-state index < -0.39 is 24.3 Å². The van der Waals surface area contributed by atoms with Crippen LogP contribution in [0, 0.1) is 0 Å². The number of aromatic amines is 1. The van der Waals surface area contributed by atoms with Gasteiger partial charge in [0, 0.05) is 5.56 Å². The van der Waals surface area contributed by atoms with Crippen molar-refractivity contribution < 1.29 is 31.8 Å². The Morgan fingerprint density at radius 2 is 2.00 bits per heavy atom. The van der Waals surface area contributed by atoms with Crippen LogP contribution in [0.15, 0.2) is 24.3 Å². The second-order valence-electron chi connectivity index (χ2n) is 4.20. The molecule has 124 valence electrons. The van der Waals surface area contributed by atoms with E-state index in [4.69, 9.17) is 4.74 Å². The summed E-state index contributed by atoms with van der Waals surface area (Å²) in [6, 6.07) is 5.07. The topological polar surface area (TPSA) is 77.1 Å². The molecule has 6 nitrogen and oxygen atoms in total. The lowest BCUT2D eigenvalue weighted by Crippen LogP contribution is -2.33. The predicted molar refractivity (Wildman–Crippen MR) is 69.4 cm³/mol. The summed E-state index contributed by atoms with van der Waals surface area (Å²) < 4.78 is 59.7. The minimum absolute atomic E-state index is 0.0622. The molecule has 0 saturated heterocycles. The van der Waals surface area contributed by atoms with Crippen LogP contribution in [-0.4, -0.2) is 40.5 Å². The Kier molecular flexibility index (Phi) is 4.82. The Labute approximate surface area is 127 Å². The van der Waals surface area contributed by atoms with Gasteiger partial charge in [0.25, 0.3) is 0 Å². The zero-order chi connectivity index (χ0) is 17.0. The number of hydrogen-bond donors (Lipinski definition) is 1. The predicted octanol–water partition coefficient (Wildman–Crippen LogP) is 2.89. The Balaban J connectivity index is 2.43. The van der Waals surface area contributed by atoms with Gasteiger partial charge in [0.2, 0.25) is 0 Å². The first-order chi connectivity index (χ1) is 10.9. The summed E-state index contributed by atoms with van der Waals surface area (Å²) in [5.74, 6) is -1.41. The lowest BCUT2D eigenvalue weighted by Gasteiger charge is -2.18. The number of ether oxygens (including phenoxy) is 2. The number of halogens is 4. The average molecular weight is 333 g/mol. The van der Waals surface area contributed by atoms with Crippen LogP contribution in [0.25, 0.3) is 11.3 Å². The Hall–Kier alpha value is -2.65. The van der Waals surface area contributed by atoms with E-state index in [1.807, 2.05) is 0 Å². The molecule has 2 rings (SSSR count). The standard InChI is InChI=1S/C13H11F4N3O3/c1-2-22-11(21)10-9(18-20-19-10)7-5-3-4-6-8(7)23-13(16,17)12(14)15/h3-6,12H,2H2,1H3,(H,18,19,20). The molecule has 0 saturated carbocycles. The van der Waals surface area contributed by atoms with Gasteiger partial charge in [-0.05, 0) is 19.1 Å². The van der Waals surface area contributed by atoms with E-state index in [0.717, 1.165) is 6.07 Å². The van der Waals surface area contributed by atoms with E-state index in [0.29, 0.717) is 0 Å². The van der Waals surface area contributed by atoms with Gasteiger partial charge >= 0.3 is 18.5 Å². The van der Waals surface area contributed by atoms with E-state index in [2.05, 4.69) is 20.1 Å². The smallest absolute Gasteiger partial charge is 0.461 e. The number of hydrogen-bond acceptors (Lipinski definition) is 5. The van der Waals surface area contributed by atoms with E-state index in [-0.39, 0.29) is 23.6 Å². The van der Waals surface area contributed by atoms with Crippen LogP contribution in [0.5, 0.6) is 5.75 Å². The average Bonchev–Trinajstić information content (AvgIpc) is 2.97. The number of carbonyl (C=O) groups is 1. The van der Waals surface area contributed by atoms with Gasteiger partial charge in [-0.2, -0.15) is 27.9 Å². The Morgan fingerprint density at radius 3 is 2.65 bits per heavy atom. The van der Waals surface area contributed by atoms with Crippen molar-refractivity contribution in [2.45, 2.75) is 19.5 Å². The molecule has 1 heterocycles. The molecule has 1 N–H and O–H groups in total. The largest absolute Gasteiger partial charge is 0.461 e. The molecular formula is C13H11F4N3O3.